The van der Waals surface area contributed by atoms with Gasteiger partial charge in [-0.05, 0) is 37.6 Å². The molecule has 11 heteroatoms. The Morgan fingerprint density at radius 2 is 1.78 bits per heavy atom. The van der Waals surface area contributed by atoms with E-state index in [1.807, 2.05) is 60.3 Å². The lowest BCUT2D eigenvalue weighted by Gasteiger charge is -2.13. The zero-order valence-corrected chi connectivity index (χ0v) is 19.7. The van der Waals surface area contributed by atoms with Crippen LogP contribution in [0.1, 0.15) is 18.2 Å². The maximum absolute atomic E-state index is 12.6. The zero-order valence-electron chi connectivity index (χ0n) is 18.1. The van der Waals surface area contributed by atoms with Gasteiger partial charge in [-0.3, -0.25) is 9.69 Å². The van der Waals surface area contributed by atoms with Gasteiger partial charge < -0.3 is 9.90 Å². The van der Waals surface area contributed by atoms with Crippen LogP contribution in [0.2, 0.25) is 0 Å². The third-order valence-corrected chi connectivity index (χ3v) is 7.11. The minimum Gasteiger partial charge on any atom is -0.550 e. The van der Waals surface area contributed by atoms with Crippen LogP contribution in [0.4, 0.5) is 5.13 Å². The Labute approximate surface area is 190 Å². The summed E-state index contributed by atoms with van der Waals surface area (Å²) in [4.78, 5) is 27.0. The van der Waals surface area contributed by atoms with Crippen LogP contribution >= 0.6 is 11.3 Å². The fraction of sp³-hybridized carbons (Fsp3) is 0.238. The highest BCUT2D eigenvalue weighted by atomic mass is 32.2. The van der Waals surface area contributed by atoms with Gasteiger partial charge in [-0.15, -0.1) is 0 Å². The molecular weight excluding hydrogens is 452 g/mol. The molecule has 1 aromatic carbocycles. The van der Waals surface area contributed by atoms with Gasteiger partial charge in [-0.2, -0.15) is 0 Å². The number of pyridine rings is 1. The van der Waals surface area contributed by atoms with Crippen LogP contribution in [0.5, 0.6) is 0 Å². The molecule has 170 valence electrons. The van der Waals surface area contributed by atoms with Gasteiger partial charge in [-0.25, -0.2) is 23.1 Å². The van der Waals surface area contributed by atoms with E-state index in [9.17, 15) is 13.2 Å². The van der Waals surface area contributed by atoms with E-state index in [0.29, 0.717) is 10.8 Å². The third kappa shape index (κ3) is 6.67. The summed E-state index contributed by atoms with van der Waals surface area (Å²) in [5.74, 6) is -1.27. The van der Waals surface area contributed by atoms with Gasteiger partial charge in [0.1, 0.15) is 7.05 Å². The number of anilines is 1. The average molecular weight is 477 g/mol. The van der Waals surface area contributed by atoms with E-state index >= 15 is 0 Å². The smallest absolute Gasteiger partial charge is 0.249 e. The SMILES string of the molecule is CC(=O)[O-].Cc1nc(N(C)C(=O)Cc2ccc(-c3cccc[n+]3C)cc2)sc1S(N)(=O)=O. The van der Waals surface area contributed by atoms with Crippen molar-refractivity contribution in [3.63, 3.8) is 0 Å². The largest absolute Gasteiger partial charge is 0.550 e. The molecular formula is C21H24N4O5S2. The van der Waals surface area contributed by atoms with E-state index in [0.717, 1.165) is 35.1 Å². The number of nitrogens with two attached hydrogens (primary N) is 1. The molecule has 9 nitrogen and oxygen atoms in total. The molecule has 0 fully saturated rings. The number of thiazole rings is 1. The topological polar surface area (TPSA) is 137 Å². The first-order valence-corrected chi connectivity index (χ1v) is 11.7. The van der Waals surface area contributed by atoms with Gasteiger partial charge in [0.15, 0.2) is 15.5 Å². The van der Waals surface area contributed by atoms with Crippen molar-refractivity contribution in [1.29, 1.82) is 0 Å². The number of carboxylic acid groups (broad SMARTS) is 1. The molecule has 0 radical (unpaired) electrons. The van der Waals surface area contributed by atoms with Crippen molar-refractivity contribution in [3.05, 3.63) is 59.9 Å². The maximum atomic E-state index is 12.6. The fourth-order valence-corrected chi connectivity index (χ4v) is 4.72. The van der Waals surface area contributed by atoms with Crippen LogP contribution in [0.25, 0.3) is 11.3 Å². The second-order valence-electron chi connectivity index (χ2n) is 6.93. The molecule has 2 N–H and O–H groups in total. The average Bonchev–Trinajstić information content (AvgIpc) is 3.10. The number of amides is 1. The Morgan fingerprint density at radius 3 is 2.28 bits per heavy atom. The molecule has 0 atom stereocenters. The van der Waals surface area contributed by atoms with Crippen molar-refractivity contribution in [1.82, 2.24) is 4.98 Å². The highest BCUT2D eigenvalue weighted by Gasteiger charge is 2.22. The Kier molecular flexibility index (Phi) is 8.19. The molecule has 0 spiro atoms. The van der Waals surface area contributed by atoms with Gasteiger partial charge in [0.2, 0.25) is 21.6 Å². The Balaban J connectivity index is 0.000000837. The number of benzene rings is 1. The predicted octanol–water partition coefficient (Wildman–Crippen LogP) is 0.552. The minimum absolute atomic E-state index is 0.0257. The van der Waals surface area contributed by atoms with E-state index in [4.69, 9.17) is 15.0 Å². The predicted molar refractivity (Wildman–Crippen MR) is 119 cm³/mol. The number of primary sulfonamides is 1. The number of likely N-dealkylation sites (N-methyl/N-ethyl adjacent to an activating group) is 1. The van der Waals surface area contributed by atoms with Crippen molar-refractivity contribution in [2.75, 3.05) is 11.9 Å². The summed E-state index contributed by atoms with van der Waals surface area (Å²) >= 11 is 0.893. The van der Waals surface area contributed by atoms with Crippen LogP contribution in [-0.4, -0.2) is 32.3 Å². The standard InChI is InChI=1S/C19H21N4O3S2.C2H4O2/c1-13-18(28(20,25)26)27-19(21-13)23(3)17(24)12-14-7-9-15(10-8-14)16-6-4-5-11-22(16)2;1-2(3)4/h4-11H,12H2,1-3H3,(H2,20,25,26);1H3,(H,3,4)/q+1;/p-1. The first-order chi connectivity index (χ1) is 14.9. The van der Waals surface area contributed by atoms with Crippen LogP contribution in [-0.2, 0) is 33.1 Å². The second-order valence-corrected chi connectivity index (χ2v) is 9.66. The number of carbonyl (C=O) groups excluding carboxylic acids is 2. The first-order valence-electron chi connectivity index (χ1n) is 9.38. The van der Waals surface area contributed by atoms with Crippen LogP contribution in [0.15, 0.2) is 52.9 Å². The number of aryl methyl sites for hydroxylation is 2. The Morgan fingerprint density at radius 1 is 1.19 bits per heavy atom. The highest BCUT2D eigenvalue weighted by molar-refractivity contribution is 7.91. The minimum atomic E-state index is -3.85. The van der Waals surface area contributed by atoms with Gasteiger partial charge in [0, 0.05) is 30.7 Å². The molecule has 2 heterocycles. The molecule has 0 bridgehead atoms. The lowest BCUT2D eigenvalue weighted by Crippen LogP contribution is -2.29. The highest BCUT2D eigenvalue weighted by Crippen LogP contribution is 2.28. The molecule has 3 rings (SSSR count). The normalized spacial score (nSPS) is 10.8. The number of nitrogens with zero attached hydrogens (tertiary/aromatic N) is 3. The lowest BCUT2D eigenvalue weighted by atomic mass is 10.1. The Bertz CT molecular complexity index is 1220. The molecule has 3 aromatic rings. The van der Waals surface area contributed by atoms with Gasteiger partial charge in [-0.1, -0.05) is 23.5 Å². The summed E-state index contributed by atoms with van der Waals surface area (Å²) in [7, 11) is -0.294. The van der Waals surface area contributed by atoms with Gasteiger partial charge in [0.25, 0.3) is 0 Å². The quantitative estimate of drug-likeness (QED) is 0.534. The summed E-state index contributed by atoms with van der Waals surface area (Å²) in [6, 6.07) is 13.8. The molecule has 32 heavy (non-hydrogen) atoms. The van der Waals surface area contributed by atoms with E-state index in [2.05, 4.69) is 4.98 Å². The molecule has 1 amide bonds. The summed E-state index contributed by atoms with van der Waals surface area (Å²) < 4.78 is 25.1. The van der Waals surface area contributed by atoms with E-state index < -0.39 is 16.0 Å². The zero-order chi connectivity index (χ0) is 24.1. The number of rotatable bonds is 5. The number of aromatic nitrogens is 2. The maximum Gasteiger partial charge on any atom is 0.249 e. The van der Waals surface area contributed by atoms with Crippen molar-refractivity contribution in [2.24, 2.45) is 12.2 Å². The van der Waals surface area contributed by atoms with Crippen LogP contribution in [0, 0.1) is 6.92 Å². The number of sulfonamides is 1. The summed E-state index contributed by atoms with van der Waals surface area (Å²) in [5, 5.41) is 14.4. The van der Waals surface area contributed by atoms with E-state index in [1.165, 1.54) is 4.90 Å². The van der Waals surface area contributed by atoms with Crippen molar-refractivity contribution in [2.45, 2.75) is 24.5 Å². The van der Waals surface area contributed by atoms with Crippen molar-refractivity contribution >= 4 is 38.4 Å². The summed E-state index contributed by atoms with van der Waals surface area (Å²) in [5.41, 5.74) is 3.29. The summed E-state index contributed by atoms with van der Waals surface area (Å²) in [6.07, 6.45) is 2.16. The molecule has 0 aliphatic rings. The van der Waals surface area contributed by atoms with E-state index in [1.54, 1.807) is 14.0 Å². The Hall–Kier alpha value is -3.15. The molecule has 0 aliphatic carbocycles. The molecule has 2 aromatic heterocycles. The number of carbonyl (C=O) groups is 2. The van der Waals surface area contributed by atoms with E-state index in [-0.39, 0.29) is 16.5 Å². The number of hydrogen-bond donors (Lipinski definition) is 1. The number of aliphatic carboxylic acids is 1. The summed E-state index contributed by atoms with van der Waals surface area (Å²) in [6.45, 7) is 2.53. The number of hydrogen-bond acceptors (Lipinski definition) is 7. The van der Waals surface area contributed by atoms with Crippen molar-refractivity contribution < 1.29 is 27.7 Å². The monoisotopic (exact) mass is 476 g/mol. The van der Waals surface area contributed by atoms with Gasteiger partial charge in [0.05, 0.1) is 12.1 Å². The fourth-order valence-electron chi connectivity index (χ4n) is 2.79. The van der Waals surface area contributed by atoms with Gasteiger partial charge >= 0.3 is 0 Å². The first kappa shape index (κ1) is 25.1. The van der Waals surface area contributed by atoms with Crippen LogP contribution < -0.4 is 19.7 Å². The molecule has 0 aliphatic heterocycles. The molecule has 0 saturated heterocycles. The molecule has 0 unspecified atom stereocenters. The molecule has 0 saturated carbocycles. The lowest BCUT2D eigenvalue weighted by molar-refractivity contribution is -0.660. The number of carboxylic acids is 1. The third-order valence-electron chi connectivity index (χ3n) is 4.32. The van der Waals surface area contributed by atoms with Crippen LogP contribution in [0.3, 0.4) is 0 Å². The second kappa shape index (κ2) is 10.4. The van der Waals surface area contributed by atoms with Crippen molar-refractivity contribution in [3.8, 4) is 11.3 Å².